The van der Waals surface area contributed by atoms with Crippen LogP contribution in [0.1, 0.15) is 5.56 Å². The molecule has 1 aromatic heterocycles. The van der Waals surface area contributed by atoms with Crippen LogP contribution < -0.4 is 29.6 Å². The van der Waals surface area contributed by atoms with E-state index in [1.165, 1.54) is 0 Å². The van der Waals surface area contributed by atoms with Gasteiger partial charge in [-0.3, -0.25) is 9.19 Å². The zero-order valence-electron chi connectivity index (χ0n) is 8.56. The summed E-state index contributed by atoms with van der Waals surface area (Å²) in [5.74, 6) is 0. The van der Waals surface area contributed by atoms with Gasteiger partial charge in [-0.25, -0.2) is 0 Å². The first kappa shape index (κ1) is 12.8. The summed E-state index contributed by atoms with van der Waals surface area (Å²) in [5, 5.41) is 0.884. The minimum Gasteiger partial charge on any atom is -0.768 e. The molecule has 0 saturated carbocycles. The van der Waals surface area contributed by atoms with Crippen LogP contribution in [-0.2, 0) is 11.1 Å². The number of rotatable bonds is 1. The van der Waals surface area contributed by atoms with E-state index in [0.717, 1.165) is 10.9 Å². The molecule has 2 rings (SSSR count). The maximum absolute atomic E-state index is 10.9. The number of pyridine rings is 1. The normalized spacial score (nSPS) is 12.1. The van der Waals surface area contributed by atoms with Crippen LogP contribution in [0.15, 0.2) is 35.4 Å². The SMILES string of the molecule is Cc1ccnc2c(S(=O)[O-])cccc12.[Na+]. The second kappa shape index (κ2) is 5.18. The molecular weight excluding hydrogens is 221 g/mol. The van der Waals surface area contributed by atoms with Gasteiger partial charge in [-0.15, -0.1) is 0 Å². The number of fused-ring (bicyclic) bond motifs is 1. The predicted octanol–water partition coefficient (Wildman–Crippen LogP) is -1.21. The molecule has 72 valence electrons. The van der Waals surface area contributed by atoms with Gasteiger partial charge in [0.15, 0.2) is 0 Å². The molecule has 0 spiro atoms. The number of aryl methyl sites for hydroxylation is 1. The van der Waals surface area contributed by atoms with Crippen molar-refractivity contribution in [3.8, 4) is 0 Å². The molecule has 0 bridgehead atoms. The second-order valence-corrected chi connectivity index (χ2v) is 3.92. The Hall–Kier alpha value is -0.260. The molecule has 5 heteroatoms. The Bertz CT molecular complexity index is 516. The average Bonchev–Trinajstić information content (AvgIpc) is 2.17. The van der Waals surface area contributed by atoms with E-state index in [0.29, 0.717) is 5.52 Å². The third-order valence-corrected chi connectivity index (χ3v) is 2.82. The van der Waals surface area contributed by atoms with Gasteiger partial charge in [0.25, 0.3) is 0 Å². The molecule has 0 amide bonds. The number of benzene rings is 1. The molecule has 2 aromatic rings. The molecule has 1 unspecified atom stereocenters. The first-order valence-electron chi connectivity index (χ1n) is 4.14. The number of nitrogens with zero attached hydrogens (tertiary/aromatic N) is 1. The molecule has 0 aliphatic carbocycles. The van der Waals surface area contributed by atoms with Crippen LogP contribution in [0.4, 0.5) is 0 Å². The summed E-state index contributed by atoms with van der Waals surface area (Å²) in [7, 11) is 0. The van der Waals surface area contributed by atoms with Gasteiger partial charge in [-0.05, 0) is 35.7 Å². The molecule has 0 saturated heterocycles. The minimum absolute atomic E-state index is 0. The van der Waals surface area contributed by atoms with Crippen LogP contribution in [0.2, 0.25) is 0 Å². The molecule has 0 aliphatic heterocycles. The third kappa shape index (κ3) is 2.46. The van der Waals surface area contributed by atoms with Crippen molar-refractivity contribution in [2.45, 2.75) is 11.8 Å². The van der Waals surface area contributed by atoms with E-state index in [9.17, 15) is 8.76 Å². The van der Waals surface area contributed by atoms with Crippen LogP contribution >= 0.6 is 0 Å². The number of aromatic nitrogens is 1. The Labute approximate surface area is 112 Å². The first-order chi connectivity index (χ1) is 6.70. The maximum Gasteiger partial charge on any atom is 1.00 e. The topological polar surface area (TPSA) is 53.0 Å². The molecular formula is C10H8NNaO2S. The van der Waals surface area contributed by atoms with Crippen molar-refractivity contribution < 1.29 is 38.3 Å². The van der Waals surface area contributed by atoms with Gasteiger partial charge >= 0.3 is 29.6 Å². The van der Waals surface area contributed by atoms with Crippen LogP contribution in [0, 0.1) is 6.92 Å². The molecule has 0 radical (unpaired) electrons. The standard InChI is InChI=1S/C10H9NO2S.Na/c1-7-5-6-11-10-8(7)3-2-4-9(10)14(12)13;/h2-6H,1H3,(H,12,13);/q;+1/p-1. The summed E-state index contributed by atoms with van der Waals surface area (Å²) in [6.07, 6.45) is 1.62. The van der Waals surface area contributed by atoms with Gasteiger partial charge in [-0.1, -0.05) is 12.1 Å². The summed E-state index contributed by atoms with van der Waals surface area (Å²) < 4.78 is 21.8. The molecule has 0 aliphatic rings. The Morgan fingerprint density at radius 2 is 2.07 bits per heavy atom. The van der Waals surface area contributed by atoms with E-state index >= 15 is 0 Å². The molecule has 15 heavy (non-hydrogen) atoms. The number of para-hydroxylation sites is 1. The quantitative estimate of drug-likeness (QED) is 0.455. The van der Waals surface area contributed by atoms with Gasteiger partial charge < -0.3 is 4.55 Å². The fourth-order valence-electron chi connectivity index (χ4n) is 1.42. The van der Waals surface area contributed by atoms with Crippen molar-refractivity contribution >= 4 is 22.0 Å². The zero-order valence-corrected chi connectivity index (χ0v) is 11.4. The summed E-state index contributed by atoms with van der Waals surface area (Å²) in [6, 6.07) is 7.01. The van der Waals surface area contributed by atoms with E-state index < -0.39 is 11.1 Å². The van der Waals surface area contributed by atoms with E-state index in [2.05, 4.69) is 4.98 Å². The predicted molar refractivity (Wildman–Crippen MR) is 53.7 cm³/mol. The zero-order chi connectivity index (χ0) is 10.1. The third-order valence-electron chi connectivity index (χ3n) is 2.13. The Morgan fingerprint density at radius 1 is 1.33 bits per heavy atom. The first-order valence-corrected chi connectivity index (χ1v) is 5.21. The molecule has 1 heterocycles. The van der Waals surface area contributed by atoms with E-state index in [1.807, 2.05) is 19.1 Å². The monoisotopic (exact) mass is 229 g/mol. The minimum atomic E-state index is -2.22. The van der Waals surface area contributed by atoms with Crippen molar-refractivity contribution in [3.05, 3.63) is 36.0 Å². The molecule has 1 aromatic carbocycles. The van der Waals surface area contributed by atoms with E-state index in [-0.39, 0.29) is 34.5 Å². The fourth-order valence-corrected chi connectivity index (χ4v) is 1.93. The van der Waals surface area contributed by atoms with Crippen molar-refractivity contribution in [1.82, 2.24) is 4.98 Å². The number of hydrogen-bond acceptors (Lipinski definition) is 3. The van der Waals surface area contributed by atoms with Crippen LogP contribution in [0.25, 0.3) is 10.9 Å². The van der Waals surface area contributed by atoms with Crippen LogP contribution in [0.5, 0.6) is 0 Å². The number of hydrogen-bond donors (Lipinski definition) is 0. The fraction of sp³-hybridized carbons (Fsp3) is 0.100. The van der Waals surface area contributed by atoms with Gasteiger partial charge in [0, 0.05) is 11.6 Å². The van der Waals surface area contributed by atoms with E-state index in [1.54, 1.807) is 18.3 Å². The second-order valence-electron chi connectivity index (χ2n) is 3.01. The van der Waals surface area contributed by atoms with Crippen LogP contribution in [0.3, 0.4) is 0 Å². The molecule has 0 N–H and O–H groups in total. The summed E-state index contributed by atoms with van der Waals surface area (Å²) in [6.45, 7) is 1.93. The average molecular weight is 229 g/mol. The van der Waals surface area contributed by atoms with Crippen molar-refractivity contribution in [2.75, 3.05) is 0 Å². The molecule has 1 atom stereocenters. The van der Waals surface area contributed by atoms with Gasteiger partial charge in [0.1, 0.15) is 0 Å². The van der Waals surface area contributed by atoms with E-state index in [4.69, 9.17) is 0 Å². The largest absolute Gasteiger partial charge is 1.00 e. The Kier molecular flexibility index (Phi) is 4.43. The Balaban J connectivity index is 0.00000112. The van der Waals surface area contributed by atoms with Crippen molar-refractivity contribution in [1.29, 1.82) is 0 Å². The van der Waals surface area contributed by atoms with Gasteiger partial charge in [0.05, 0.1) is 10.4 Å². The molecule has 3 nitrogen and oxygen atoms in total. The van der Waals surface area contributed by atoms with Crippen LogP contribution in [-0.4, -0.2) is 13.7 Å². The van der Waals surface area contributed by atoms with Gasteiger partial charge in [-0.2, -0.15) is 0 Å². The van der Waals surface area contributed by atoms with Crippen molar-refractivity contribution in [2.24, 2.45) is 0 Å². The summed E-state index contributed by atoms with van der Waals surface area (Å²) in [4.78, 5) is 4.33. The van der Waals surface area contributed by atoms with Gasteiger partial charge in [0.2, 0.25) is 0 Å². The maximum atomic E-state index is 10.9. The smallest absolute Gasteiger partial charge is 0.768 e. The summed E-state index contributed by atoms with van der Waals surface area (Å²) >= 11 is -2.22. The summed E-state index contributed by atoms with van der Waals surface area (Å²) in [5.41, 5.74) is 1.57. The molecule has 0 fully saturated rings. The van der Waals surface area contributed by atoms with Crippen molar-refractivity contribution in [3.63, 3.8) is 0 Å². The Morgan fingerprint density at radius 3 is 2.73 bits per heavy atom.